The molecule has 32 heavy (non-hydrogen) atoms. The summed E-state index contributed by atoms with van der Waals surface area (Å²) in [6.45, 7) is 0.663. The normalized spacial score (nSPS) is 10.7. The van der Waals surface area contributed by atoms with Gasteiger partial charge in [-0.3, -0.25) is 19.1 Å². The van der Waals surface area contributed by atoms with Gasteiger partial charge in [-0.05, 0) is 23.3 Å². The zero-order valence-electron chi connectivity index (χ0n) is 17.3. The van der Waals surface area contributed by atoms with E-state index in [-0.39, 0.29) is 31.1 Å². The lowest BCUT2D eigenvalue weighted by molar-refractivity contribution is -0.115. The molecule has 2 aromatic carbocycles. The number of nitrogens with zero attached hydrogens (tertiary/aromatic N) is 1. The van der Waals surface area contributed by atoms with Crippen molar-refractivity contribution in [2.45, 2.75) is 19.5 Å². The van der Waals surface area contributed by atoms with Gasteiger partial charge < -0.3 is 15.4 Å². The van der Waals surface area contributed by atoms with Crippen molar-refractivity contribution < 1.29 is 9.53 Å². The van der Waals surface area contributed by atoms with E-state index in [0.29, 0.717) is 22.2 Å². The molecule has 0 bridgehead atoms. The Bertz CT molecular complexity index is 1210. The van der Waals surface area contributed by atoms with Crippen LogP contribution in [-0.4, -0.2) is 29.2 Å². The van der Waals surface area contributed by atoms with E-state index in [0.717, 1.165) is 5.56 Å². The molecule has 8 nitrogen and oxygen atoms in total. The smallest absolute Gasteiger partial charge is 0.330 e. The molecule has 1 heterocycles. The maximum atomic E-state index is 12.8. The number of anilines is 2. The quantitative estimate of drug-likeness (QED) is 0.439. The van der Waals surface area contributed by atoms with E-state index in [1.54, 1.807) is 18.2 Å². The van der Waals surface area contributed by atoms with E-state index < -0.39 is 17.2 Å². The fourth-order valence-electron chi connectivity index (χ4n) is 3.06. The minimum absolute atomic E-state index is 0.0275. The Morgan fingerprint density at radius 1 is 1.06 bits per heavy atom. The fourth-order valence-corrected chi connectivity index (χ4v) is 3.38. The molecule has 0 spiro atoms. The summed E-state index contributed by atoms with van der Waals surface area (Å²) in [5.41, 5.74) is 0.347. The monoisotopic (exact) mass is 476 g/mol. The topological polar surface area (TPSA) is 105 Å². The third-order valence-corrected chi connectivity index (χ3v) is 5.38. The van der Waals surface area contributed by atoms with Gasteiger partial charge in [0.2, 0.25) is 5.91 Å². The number of amides is 1. The maximum absolute atomic E-state index is 12.8. The van der Waals surface area contributed by atoms with Crippen LogP contribution in [0.25, 0.3) is 0 Å². The number of ether oxygens (including phenoxy) is 1. The van der Waals surface area contributed by atoms with Crippen molar-refractivity contribution in [2.75, 3.05) is 24.4 Å². The van der Waals surface area contributed by atoms with Crippen LogP contribution in [0.5, 0.6) is 0 Å². The van der Waals surface area contributed by atoms with Gasteiger partial charge in [0.15, 0.2) is 0 Å². The number of aromatic amines is 1. The van der Waals surface area contributed by atoms with Crippen LogP contribution in [0.4, 0.5) is 11.5 Å². The highest BCUT2D eigenvalue weighted by Crippen LogP contribution is 2.23. The van der Waals surface area contributed by atoms with Crippen molar-refractivity contribution in [3.05, 3.63) is 90.5 Å². The highest BCUT2D eigenvalue weighted by Gasteiger charge is 2.18. The first-order valence-corrected chi connectivity index (χ1v) is 10.5. The predicted molar refractivity (Wildman–Crippen MR) is 126 cm³/mol. The Morgan fingerprint density at radius 3 is 2.50 bits per heavy atom. The number of methoxy groups -OCH3 is 1. The summed E-state index contributed by atoms with van der Waals surface area (Å²) in [6.07, 6.45) is -0.0275. The Morgan fingerprint density at radius 2 is 1.81 bits per heavy atom. The zero-order valence-corrected chi connectivity index (χ0v) is 18.8. The number of hydrogen-bond donors (Lipinski definition) is 3. The van der Waals surface area contributed by atoms with Crippen LogP contribution < -0.4 is 21.9 Å². The van der Waals surface area contributed by atoms with Gasteiger partial charge in [-0.25, -0.2) is 4.79 Å². The molecule has 0 fully saturated rings. The number of nitrogens with one attached hydrogen (secondary N) is 3. The van der Waals surface area contributed by atoms with Gasteiger partial charge >= 0.3 is 5.69 Å². The van der Waals surface area contributed by atoms with Gasteiger partial charge in [0, 0.05) is 13.7 Å². The standard InChI is InChI=1S/C22H22Cl2N4O4/c1-32-10-9-28-20(26-18(29)12-15-7-8-16(23)17(24)11-15)19(21(30)27-22(28)31)25-13-14-5-3-2-4-6-14/h2-8,11,25H,9-10,12-13H2,1H3,(H,26,29)(H,27,30,31). The first-order valence-electron chi connectivity index (χ1n) is 9.76. The summed E-state index contributed by atoms with van der Waals surface area (Å²) >= 11 is 12.0. The minimum atomic E-state index is -0.651. The second kappa shape index (κ2) is 11.0. The predicted octanol–water partition coefficient (Wildman–Crippen LogP) is 3.28. The molecule has 0 aliphatic rings. The van der Waals surface area contributed by atoms with E-state index in [9.17, 15) is 14.4 Å². The number of hydrogen-bond acceptors (Lipinski definition) is 5. The number of carbonyl (C=O) groups excluding carboxylic acids is 1. The number of halogens is 2. The molecule has 0 aliphatic carbocycles. The first kappa shape index (κ1) is 23.6. The molecule has 0 atom stereocenters. The average molecular weight is 477 g/mol. The Labute approximate surface area is 194 Å². The lowest BCUT2D eigenvalue weighted by atomic mass is 10.1. The molecule has 10 heteroatoms. The molecule has 3 aromatic rings. The summed E-state index contributed by atoms with van der Waals surface area (Å²) in [4.78, 5) is 40.1. The molecule has 1 amide bonds. The molecule has 3 N–H and O–H groups in total. The van der Waals surface area contributed by atoms with Crippen LogP contribution in [0.2, 0.25) is 10.0 Å². The van der Waals surface area contributed by atoms with Crippen molar-refractivity contribution >= 4 is 40.6 Å². The first-order chi connectivity index (χ1) is 15.4. The van der Waals surface area contributed by atoms with Gasteiger partial charge in [0.25, 0.3) is 5.56 Å². The molecule has 0 unspecified atom stereocenters. The van der Waals surface area contributed by atoms with Crippen LogP contribution in [0.1, 0.15) is 11.1 Å². The van der Waals surface area contributed by atoms with E-state index in [2.05, 4.69) is 15.6 Å². The zero-order chi connectivity index (χ0) is 23.1. The number of benzene rings is 2. The molecule has 0 radical (unpaired) electrons. The molecule has 0 saturated carbocycles. The fraction of sp³-hybridized carbons (Fsp3) is 0.227. The molecule has 3 rings (SSSR count). The van der Waals surface area contributed by atoms with Crippen molar-refractivity contribution in [3.63, 3.8) is 0 Å². The SMILES string of the molecule is COCCn1c(NC(=O)Cc2ccc(Cl)c(Cl)c2)c(NCc2ccccc2)c(=O)[nH]c1=O. The summed E-state index contributed by atoms with van der Waals surface area (Å²) in [5, 5.41) is 6.44. The lowest BCUT2D eigenvalue weighted by Gasteiger charge is -2.18. The van der Waals surface area contributed by atoms with Gasteiger partial charge in [0.05, 0.1) is 29.6 Å². The van der Waals surface area contributed by atoms with Crippen LogP contribution in [0, 0.1) is 0 Å². The van der Waals surface area contributed by atoms with Gasteiger partial charge in [-0.1, -0.05) is 59.6 Å². The Balaban J connectivity index is 1.92. The molecule has 1 aromatic heterocycles. The highest BCUT2D eigenvalue weighted by atomic mass is 35.5. The number of aromatic nitrogens is 2. The van der Waals surface area contributed by atoms with Crippen LogP contribution in [-0.2, 0) is 29.0 Å². The number of rotatable bonds is 9. The van der Waals surface area contributed by atoms with Gasteiger partial charge in [-0.15, -0.1) is 0 Å². The van der Waals surface area contributed by atoms with Crippen LogP contribution >= 0.6 is 23.2 Å². The molecule has 168 valence electrons. The second-order valence-corrected chi connectivity index (χ2v) is 7.75. The van der Waals surface area contributed by atoms with E-state index in [1.165, 1.54) is 11.7 Å². The second-order valence-electron chi connectivity index (χ2n) is 6.94. The third-order valence-electron chi connectivity index (χ3n) is 4.64. The third kappa shape index (κ3) is 6.00. The molecular weight excluding hydrogens is 455 g/mol. The summed E-state index contributed by atoms with van der Waals surface area (Å²) in [5.74, 6) is -0.362. The van der Waals surface area contributed by atoms with Gasteiger partial charge in [-0.2, -0.15) is 0 Å². The van der Waals surface area contributed by atoms with Crippen molar-refractivity contribution in [1.82, 2.24) is 9.55 Å². The average Bonchev–Trinajstić information content (AvgIpc) is 2.76. The van der Waals surface area contributed by atoms with Crippen molar-refractivity contribution in [1.29, 1.82) is 0 Å². The largest absolute Gasteiger partial charge is 0.383 e. The Kier molecular flexibility index (Phi) is 8.10. The molecular formula is C22H22Cl2N4O4. The van der Waals surface area contributed by atoms with Crippen LogP contribution in [0.3, 0.4) is 0 Å². The summed E-state index contributed by atoms with van der Waals surface area (Å²) < 4.78 is 6.32. The number of H-pyrrole nitrogens is 1. The van der Waals surface area contributed by atoms with Crippen molar-refractivity contribution in [3.8, 4) is 0 Å². The van der Waals surface area contributed by atoms with E-state index >= 15 is 0 Å². The lowest BCUT2D eigenvalue weighted by Crippen LogP contribution is -2.36. The van der Waals surface area contributed by atoms with E-state index in [4.69, 9.17) is 27.9 Å². The summed E-state index contributed by atoms with van der Waals surface area (Å²) in [6, 6.07) is 14.3. The van der Waals surface area contributed by atoms with E-state index in [1.807, 2.05) is 30.3 Å². The minimum Gasteiger partial charge on any atom is -0.383 e. The Hall–Kier alpha value is -3.07. The van der Waals surface area contributed by atoms with Crippen LogP contribution in [0.15, 0.2) is 58.1 Å². The highest BCUT2D eigenvalue weighted by molar-refractivity contribution is 6.42. The summed E-state index contributed by atoms with van der Waals surface area (Å²) in [7, 11) is 1.49. The van der Waals surface area contributed by atoms with Crippen molar-refractivity contribution in [2.24, 2.45) is 0 Å². The number of carbonyl (C=O) groups is 1. The maximum Gasteiger partial charge on any atom is 0.330 e. The molecule has 0 saturated heterocycles. The van der Waals surface area contributed by atoms with Gasteiger partial charge in [0.1, 0.15) is 11.5 Å². The molecule has 0 aliphatic heterocycles.